The van der Waals surface area contributed by atoms with Crippen molar-refractivity contribution in [1.82, 2.24) is 4.72 Å². The molecule has 0 aromatic heterocycles. The number of ether oxygens (including phenoxy) is 1. The molecular formula is C19H23ClN2O4S. The van der Waals surface area contributed by atoms with Crippen LogP contribution in [0.25, 0.3) is 0 Å². The topological polar surface area (TPSA) is 75.7 Å². The molecule has 0 spiro atoms. The molecule has 0 aliphatic heterocycles. The Morgan fingerprint density at radius 1 is 1.11 bits per heavy atom. The van der Waals surface area contributed by atoms with Crippen molar-refractivity contribution in [2.24, 2.45) is 0 Å². The summed E-state index contributed by atoms with van der Waals surface area (Å²) >= 11 is 5.94. The van der Waals surface area contributed by atoms with E-state index in [0.717, 1.165) is 24.3 Å². The molecule has 0 aliphatic rings. The van der Waals surface area contributed by atoms with E-state index in [9.17, 15) is 13.2 Å². The van der Waals surface area contributed by atoms with Crippen molar-refractivity contribution < 1.29 is 17.9 Å². The number of benzene rings is 2. The molecule has 0 fully saturated rings. The zero-order chi connectivity index (χ0) is 20.0. The first kappa shape index (κ1) is 21.2. The summed E-state index contributed by atoms with van der Waals surface area (Å²) in [5.41, 5.74) is 1.93. The maximum absolute atomic E-state index is 12.5. The van der Waals surface area contributed by atoms with Gasteiger partial charge >= 0.3 is 5.97 Å². The number of hydrogen-bond acceptors (Lipinski definition) is 5. The van der Waals surface area contributed by atoms with E-state index >= 15 is 0 Å². The summed E-state index contributed by atoms with van der Waals surface area (Å²) in [6, 6.07) is 11.6. The standard InChI is InChI=1S/C19H23ClN2O4S/c1-4-22(5-2)15-8-6-14(7-9-15)13-21-27(24,25)16-10-11-18(20)17(12-16)19(23)26-3/h6-12,21H,4-5,13H2,1-3H3. The Morgan fingerprint density at radius 3 is 2.30 bits per heavy atom. The van der Waals surface area contributed by atoms with Crippen molar-refractivity contribution in [2.45, 2.75) is 25.3 Å². The van der Waals surface area contributed by atoms with Gasteiger partial charge in [0.2, 0.25) is 10.0 Å². The summed E-state index contributed by atoms with van der Waals surface area (Å²) in [5.74, 6) is -0.691. The first-order chi connectivity index (χ1) is 12.8. The van der Waals surface area contributed by atoms with Crippen molar-refractivity contribution in [1.29, 1.82) is 0 Å². The first-order valence-corrected chi connectivity index (χ1v) is 10.4. The average molecular weight is 411 g/mol. The van der Waals surface area contributed by atoms with Crippen LogP contribution in [0, 0.1) is 0 Å². The van der Waals surface area contributed by atoms with Gasteiger partial charge in [-0.2, -0.15) is 0 Å². The predicted octanol–water partition coefficient (Wildman–Crippen LogP) is 3.45. The van der Waals surface area contributed by atoms with Crippen LogP contribution in [0.3, 0.4) is 0 Å². The van der Waals surface area contributed by atoms with Gasteiger partial charge in [0.1, 0.15) is 0 Å². The third kappa shape index (κ3) is 5.22. The minimum Gasteiger partial charge on any atom is -0.465 e. The molecule has 0 aliphatic carbocycles. The van der Waals surface area contributed by atoms with Gasteiger partial charge in [-0.15, -0.1) is 0 Å². The Hall–Kier alpha value is -2.09. The third-order valence-corrected chi connectivity index (χ3v) is 5.91. The second-order valence-electron chi connectivity index (χ2n) is 5.80. The second kappa shape index (κ2) is 9.21. The van der Waals surface area contributed by atoms with Gasteiger partial charge < -0.3 is 9.64 Å². The van der Waals surface area contributed by atoms with E-state index in [1.807, 2.05) is 24.3 Å². The quantitative estimate of drug-likeness (QED) is 0.674. The minimum atomic E-state index is -3.80. The molecular weight excluding hydrogens is 388 g/mol. The molecule has 0 radical (unpaired) electrons. The highest BCUT2D eigenvalue weighted by Crippen LogP contribution is 2.22. The Balaban J connectivity index is 2.14. The van der Waals surface area contributed by atoms with E-state index in [2.05, 4.69) is 28.2 Å². The molecule has 2 aromatic carbocycles. The van der Waals surface area contributed by atoms with Crippen molar-refractivity contribution >= 4 is 33.3 Å². The lowest BCUT2D eigenvalue weighted by atomic mass is 10.2. The lowest BCUT2D eigenvalue weighted by Gasteiger charge is -2.21. The molecule has 0 unspecified atom stereocenters. The molecule has 0 heterocycles. The maximum atomic E-state index is 12.5. The van der Waals surface area contributed by atoms with Crippen LogP contribution in [0.5, 0.6) is 0 Å². The van der Waals surface area contributed by atoms with Crippen molar-refractivity contribution in [2.75, 3.05) is 25.1 Å². The van der Waals surface area contributed by atoms with Crippen LogP contribution in [-0.2, 0) is 21.3 Å². The highest BCUT2D eigenvalue weighted by atomic mass is 35.5. The Bertz CT molecular complexity index is 894. The monoisotopic (exact) mass is 410 g/mol. The summed E-state index contributed by atoms with van der Waals surface area (Å²) in [6.45, 7) is 6.11. The number of carbonyl (C=O) groups excluding carboxylic acids is 1. The van der Waals surface area contributed by atoms with Gasteiger partial charge in [-0.05, 0) is 49.7 Å². The SMILES string of the molecule is CCN(CC)c1ccc(CNS(=O)(=O)c2ccc(Cl)c(C(=O)OC)c2)cc1. The van der Waals surface area contributed by atoms with Gasteiger partial charge in [-0.1, -0.05) is 23.7 Å². The van der Waals surface area contributed by atoms with Crippen LogP contribution in [0.2, 0.25) is 5.02 Å². The Labute approximate surface area is 165 Å². The molecule has 0 atom stereocenters. The largest absolute Gasteiger partial charge is 0.465 e. The van der Waals surface area contributed by atoms with Gasteiger partial charge in [0.25, 0.3) is 0 Å². The molecule has 1 N–H and O–H groups in total. The molecule has 2 rings (SSSR count). The summed E-state index contributed by atoms with van der Waals surface area (Å²) in [5, 5.41) is 0.132. The number of hydrogen-bond donors (Lipinski definition) is 1. The molecule has 0 bridgehead atoms. The number of halogens is 1. The zero-order valence-corrected chi connectivity index (χ0v) is 17.1. The summed E-state index contributed by atoms with van der Waals surface area (Å²) in [6.07, 6.45) is 0. The summed E-state index contributed by atoms with van der Waals surface area (Å²) in [7, 11) is -2.59. The fraction of sp³-hybridized carbons (Fsp3) is 0.316. The highest BCUT2D eigenvalue weighted by Gasteiger charge is 2.19. The smallest absolute Gasteiger partial charge is 0.339 e. The van der Waals surface area contributed by atoms with Crippen LogP contribution in [-0.4, -0.2) is 34.6 Å². The number of nitrogens with zero attached hydrogens (tertiary/aromatic N) is 1. The van der Waals surface area contributed by atoms with Gasteiger partial charge in [0.15, 0.2) is 0 Å². The number of sulfonamides is 1. The maximum Gasteiger partial charge on any atom is 0.339 e. The van der Waals surface area contributed by atoms with E-state index in [-0.39, 0.29) is 22.0 Å². The molecule has 6 nitrogen and oxygen atoms in total. The van der Waals surface area contributed by atoms with Crippen LogP contribution < -0.4 is 9.62 Å². The van der Waals surface area contributed by atoms with Crippen LogP contribution in [0.1, 0.15) is 29.8 Å². The second-order valence-corrected chi connectivity index (χ2v) is 7.97. The van der Waals surface area contributed by atoms with Crippen LogP contribution >= 0.6 is 11.6 Å². The number of anilines is 1. The van der Waals surface area contributed by atoms with Gasteiger partial charge in [0, 0.05) is 25.3 Å². The van der Waals surface area contributed by atoms with E-state index in [1.54, 1.807) is 0 Å². The highest BCUT2D eigenvalue weighted by molar-refractivity contribution is 7.89. The van der Waals surface area contributed by atoms with Crippen molar-refractivity contribution in [3.05, 3.63) is 58.6 Å². The molecule has 2 aromatic rings. The zero-order valence-electron chi connectivity index (χ0n) is 15.5. The fourth-order valence-corrected chi connectivity index (χ4v) is 3.85. The number of carbonyl (C=O) groups is 1. The number of nitrogens with one attached hydrogen (secondary N) is 1. The molecule has 146 valence electrons. The lowest BCUT2D eigenvalue weighted by molar-refractivity contribution is 0.0600. The average Bonchev–Trinajstić information content (AvgIpc) is 2.68. The number of methoxy groups -OCH3 is 1. The van der Waals surface area contributed by atoms with Gasteiger partial charge in [-0.25, -0.2) is 17.9 Å². The van der Waals surface area contributed by atoms with Crippen molar-refractivity contribution in [3.8, 4) is 0 Å². The molecule has 27 heavy (non-hydrogen) atoms. The Kier molecular flexibility index (Phi) is 7.24. The Morgan fingerprint density at radius 2 is 1.74 bits per heavy atom. The first-order valence-electron chi connectivity index (χ1n) is 8.53. The third-order valence-electron chi connectivity index (χ3n) is 4.18. The lowest BCUT2D eigenvalue weighted by Crippen LogP contribution is -2.24. The van der Waals surface area contributed by atoms with Gasteiger partial charge in [-0.3, -0.25) is 0 Å². The number of esters is 1. The van der Waals surface area contributed by atoms with Crippen LogP contribution in [0.4, 0.5) is 5.69 Å². The van der Waals surface area contributed by atoms with E-state index in [4.69, 9.17) is 11.6 Å². The minimum absolute atomic E-state index is 0.00520. The van der Waals surface area contributed by atoms with E-state index in [0.29, 0.717) is 0 Å². The number of rotatable bonds is 8. The summed E-state index contributed by atoms with van der Waals surface area (Å²) < 4.78 is 32.2. The van der Waals surface area contributed by atoms with E-state index in [1.165, 1.54) is 25.3 Å². The van der Waals surface area contributed by atoms with Crippen LogP contribution in [0.15, 0.2) is 47.4 Å². The fourth-order valence-electron chi connectivity index (χ4n) is 2.61. The molecule has 0 saturated heterocycles. The van der Waals surface area contributed by atoms with E-state index < -0.39 is 16.0 Å². The molecule has 0 saturated carbocycles. The van der Waals surface area contributed by atoms with Crippen molar-refractivity contribution in [3.63, 3.8) is 0 Å². The normalized spacial score (nSPS) is 11.3. The predicted molar refractivity (Wildman–Crippen MR) is 107 cm³/mol. The summed E-state index contributed by atoms with van der Waals surface area (Å²) in [4.78, 5) is 13.9. The molecule has 8 heteroatoms. The molecule has 0 amide bonds. The van der Waals surface area contributed by atoms with Gasteiger partial charge in [0.05, 0.1) is 22.6 Å².